The summed E-state index contributed by atoms with van der Waals surface area (Å²) in [6.07, 6.45) is 0. The van der Waals surface area contributed by atoms with E-state index in [0.29, 0.717) is 0 Å². The van der Waals surface area contributed by atoms with E-state index >= 15 is 0 Å². The largest absolute Gasteiger partial charge is 0.454 e. The van der Waals surface area contributed by atoms with Crippen molar-refractivity contribution in [3.05, 3.63) is 152 Å². The summed E-state index contributed by atoms with van der Waals surface area (Å²) in [4.78, 5) is 2.39. The molecule has 7 aromatic carbocycles. The molecule has 0 saturated carbocycles. The molecule has 46 heavy (non-hydrogen) atoms. The van der Waals surface area contributed by atoms with Gasteiger partial charge in [0.25, 0.3) is 0 Å². The van der Waals surface area contributed by atoms with Crippen molar-refractivity contribution in [1.82, 2.24) is 9.13 Å². The van der Waals surface area contributed by atoms with Gasteiger partial charge in [-0.2, -0.15) is 0 Å². The smallest absolute Gasteiger partial charge is 0.159 e. The third kappa shape index (κ3) is 2.94. The van der Waals surface area contributed by atoms with Gasteiger partial charge in [-0.3, -0.25) is 0 Å². The summed E-state index contributed by atoms with van der Waals surface area (Å²) in [7, 11) is 0. The van der Waals surface area contributed by atoms with Crippen LogP contribution in [0.5, 0.6) is 0 Å². The maximum Gasteiger partial charge on any atom is 0.159 e. The van der Waals surface area contributed by atoms with Crippen molar-refractivity contribution >= 4 is 82.6 Å². The Labute approximate surface area is 263 Å². The van der Waals surface area contributed by atoms with E-state index in [2.05, 4.69) is 160 Å². The quantitative estimate of drug-likeness (QED) is 0.201. The first-order valence-corrected chi connectivity index (χ1v) is 15.7. The van der Waals surface area contributed by atoms with Gasteiger partial charge in [-0.15, -0.1) is 0 Å². The van der Waals surface area contributed by atoms with Crippen LogP contribution in [-0.2, 0) is 0 Å². The van der Waals surface area contributed by atoms with Crippen molar-refractivity contribution in [3.8, 4) is 11.4 Å². The maximum absolute atomic E-state index is 6.60. The van der Waals surface area contributed by atoms with Crippen LogP contribution in [0.2, 0.25) is 0 Å². The van der Waals surface area contributed by atoms with Gasteiger partial charge in [-0.1, -0.05) is 97.1 Å². The van der Waals surface area contributed by atoms with E-state index in [-0.39, 0.29) is 0 Å². The lowest BCUT2D eigenvalue weighted by atomic mass is 10.1. The summed E-state index contributed by atoms with van der Waals surface area (Å²) >= 11 is 0. The number of hydrogen-bond acceptors (Lipinski definition) is 2. The van der Waals surface area contributed by atoms with E-state index in [1.165, 1.54) is 43.6 Å². The molecular formula is C42H25N3O. The Morgan fingerprint density at radius 1 is 0.370 bits per heavy atom. The van der Waals surface area contributed by atoms with E-state index in [1.807, 2.05) is 6.07 Å². The highest BCUT2D eigenvalue weighted by molar-refractivity contribution is 6.28. The van der Waals surface area contributed by atoms with Crippen LogP contribution in [0.15, 0.2) is 156 Å². The standard InChI is InChI=1S/C42H25N3O/c1-2-12-26(13-3-1)43-32-18-6-4-14-27(32)29-24-25-35-39(41(29)43)31-17-11-21-36-40(31)45(35)34-20-8-7-19-33(34)44(36)37-22-10-16-30-28-15-5-9-23-38(28)46-42(30)37/h1-25H. The topological polar surface area (TPSA) is 26.2 Å². The number of fused-ring (bicyclic) bond motifs is 12. The highest BCUT2D eigenvalue weighted by atomic mass is 16.3. The summed E-state index contributed by atoms with van der Waals surface area (Å²) in [5.74, 6) is 0. The maximum atomic E-state index is 6.60. The zero-order chi connectivity index (χ0) is 29.9. The van der Waals surface area contributed by atoms with Crippen molar-refractivity contribution in [2.24, 2.45) is 0 Å². The van der Waals surface area contributed by atoms with Crippen molar-refractivity contribution in [2.75, 3.05) is 4.90 Å². The van der Waals surface area contributed by atoms with Crippen LogP contribution in [-0.4, -0.2) is 9.13 Å². The first-order chi connectivity index (χ1) is 22.9. The summed E-state index contributed by atoms with van der Waals surface area (Å²) in [6, 6.07) is 54.4. The number of para-hydroxylation sites is 7. The van der Waals surface area contributed by atoms with Crippen LogP contribution in [0, 0.1) is 0 Å². The number of rotatable bonds is 2. The van der Waals surface area contributed by atoms with Gasteiger partial charge in [0.2, 0.25) is 0 Å². The predicted octanol–water partition coefficient (Wildman–Crippen LogP) is 11.6. The second-order valence-corrected chi connectivity index (χ2v) is 12.1. The van der Waals surface area contributed by atoms with E-state index in [9.17, 15) is 0 Å². The molecule has 0 spiro atoms. The Kier molecular flexibility index (Phi) is 4.55. The molecule has 4 nitrogen and oxygen atoms in total. The molecule has 0 N–H and O–H groups in total. The van der Waals surface area contributed by atoms with Gasteiger partial charge in [0.1, 0.15) is 5.58 Å². The second-order valence-electron chi connectivity index (χ2n) is 12.1. The zero-order valence-electron chi connectivity index (χ0n) is 24.7. The lowest BCUT2D eigenvalue weighted by Gasteiger charge is -2.33. The molecule has 11 rings (SSSR count). The van der Waals surface area contributed by atoms with Gasteiger partial charge in [-0.05, 0) is 54.6 Å². The fourth-order valence-electron chi connectivity index (χ4n) is 8.00. The molecule has 0 radical (unpaired) electrons. The van der Waals surface area contributed by atoms with Crippen LogP contribution < -0.4 is 4.90 Å². The van der Waals surface area contributed by atoms with Gasteiger partial charge < -0.3 is 18.5 Å². The molecule has 3 aromatic heterocycles. The molecule has 0 aliphatic carbocycles. The van der Waals surface area contributed by atoms with Gasteiger partial charge in [0.15, 0.2) is 5.58 Å². The fraction of sp³-hybridized carbons (Fsp3) is 0. The average molecular weight is 588 g/mol. The molecule has 1 aliphatic rings. The molecule has 4 heterocycles. The lowest BCUT2D eigenvalue weighted by Crippen LogP contribution is -2.18. The molecule has 0 fully saturated rings. The van der Waals surface area contributed by atoms with Crippen LogP contribution in [0.3, 0.4) is 0 Å². The van der Waals surface area contributed by atoms with Crippen LogP contribution in [0.1, 0.15) is 0 Å². The van der Waals surface area contributed by atoms with Crippen LogP contribution in [0.4, 0.5) is 17.1 Å². The molecule has 4 heteroatoms. The van der Waals surface area contributed by atoms with E-state index in [1.54, 1.807) is 0 Å². The van der Waals surface area contributed by atoms with Gasteiger partial charge in [0.05, 0.1) is 44.8 Å². The monoisotopic (exact) mass is 587 g/mol. The van der Waals surface area contributed by atoms with Crippen LogP contribution >= 0.6 is 0 Å². The first-order valence-electron chi connectivity index (χ1n) is 15.7. The molecule has 10 aromatic rings. The molecule has 214 valence electrons. The number of anilines is 3. The lowest BCUT2D eigenvalue weighted by molar-refractivity contribution is 0.669. The Bertz CT molecular complexity index is 2870. The van der Waals surface area contributed by atoms with E-state index in [0.717, 1.165) is 50.4 Å². The highest BCUT2D eigenvalue weighted by Crippen LogP contribution is 2.52. The molecular weight excluding hydrogens is 562 g/mol. The Balaban J connectivity index is 1.32. The Morgan fingerprint density at radius 3 is 1.93 bits per heavy atom. The molecule has 0 bridgehead atoms. The number of nitrogens with zero attached hydrogens (tertiary/aromatic N) is 3. The predicted molar refractivity (Wildman–Crippen MR) is 191 cm³/mol. The Hall–Kier alpha value is -6.26. The van der Waals surface area contributed by atoms with Gasteiger partial charge in [-0.25, -0.2) is 0 Å². The van der Waals surface area contributed by atoms with Crippen molar-refractivity contribution < 1.29 is 4.42 Å². The third-order valence-corrected chi connectivity index (χ3v) is 9.81. The number of furan rings is 1. The molecule has 0 unspecified atom stereocenters. The number of aromatic nitrogens is 2. The van der Waals surface area contributed by atoms with E-state index < -0.39 is 0 Å². The van der Waals surface area contributed by atoms with Crippen molar-refractivity contribution in [1.29, 1.82) is 0 Å². The molecule has 1 aliphatic heterocycles. The Morgan fingerprint density at radius 2 is 1.04 bits per heavy atom. The zero-order valence-corrected chi connectivity index (χ0v) is 24.7. The molecule has 0 saturated heterocycles. The third-order valence-electron chi connectivity index (χ3n) is 9.81. The van der Waals surface area contributed by atoms with E-state index in [4.69, 9.17) is 4.42 Å². The minimum Gasteiger partial charge on any atom is -0.454 e. The summed E-state index contributed by atoms with van der Waals surface area (Å²) in [6.45, 7) is 0. The summed E-state index contributed by atoms with van der Waals surface area (Å²) < 4.78 is 11.5. The summed E-state index contributed by atoms with van der Waals surface area (Å²) in [5.41, 5.74) is 12.2. The minimum atomic E-state index is 0.895. The first kappa shape index (κ1) is 24.1. The van der Waals surface area contributed by atoms with Gasteiger partial charge >= 0.3 is 0 Å². The molecule has 0 atom stereocenters. The second kappa shape index (κ2) is 8.68. The number of hydrogen-bond donors (Lipinski definition) is 0. The van der Waals surface area contributed by atoms with Gasteiger partial charge in [0, 0.05) is 38.0 Å². The highest BCUT2D eigenvalue weighted by Gasteiger charge is 2.31. The van der Waals surface area contributed by atoms with Crippen molar-refractivity contribution in [3.63, 3.8) is 0 Å². The normalized spacial score (nSPS) is 12.7. The summed E-state index contributed by atoms with van der Waals surface area (Å²) in [5, 5.41) is 7.26. The SMILES string of the molecule is c1ccc(-n2c3ccccc3c3ccc4c(c5cccc6c5n4-c4ccccc4N6c4cccc5c4oc4ccccc45)c32)cc1. The molecule has 0 amide bonds. The number of benzene rings is 7. The van der Waals surface area contributed by atoms with Crippen LogP contribution in [0.25, 0.3) is 76.9 Å². The van der Waals surface area contributed by atoms with Crippen molar-refractivity contribution in [2.45, 2.75) is 0 Å². The average Bonchev–Trinajstić information content (AvgIpc) is 3.78. The fourth-order valence-corrected chi connectivity index (χ4v) is 8.00. The minimum absolute atomic E-state index is 0.895.